The number of aromatic nitrogens is 1. The van der Waals surface area contributed by atoms with E-state index in [9.17, 15) is 18.0 Å². The van der Waals surface area contributed by atoms with Crippen LogP contribution in [0.5, 0.6) is 0 Å². The second-order valence-electron chi connectivity index (χ2n) is 6.62. The van der Waals surface area contributed by atoms with Gasteiger partial charge in [0.1, 0.15) is 4.90 Å². The molecule has 0 atom stereocenters. The van der Waals surface area contributed by atoms with Crippen LogP contribution in [0, 0.1) is 5.92 Å². The standard InChI is InChI=1S/C19H22N4O4S/c1-14(24)21-16-4-2-5-17(12-16)22-19(25)15-7-10-23(11-8-15)28(26,27)18-6-3-9-20-13-18/h2-6,9,12-13,15H,7-8,10-11H2,1H3,(H,21,24)(H,22,25). The topological polar surface area (TPSA) is 108 Å². The van der Waals surface area contributed by atoms with Gasteiger partial charge < -0.3 is 10.6 Å². The van der Waals surface area contributed by atoms with Gasteiger partial charge in [-0.2, -0.15) is 4.31 Å². The number of nitrogens with zero attached hydrogens (tertiary/aromatic N) is 2. The van der Waals surface area contributed by atoms with Gasteiger partial charge in [-0.25, -0.2) is 8.42 Å². The summed E-state index contributed by atoms with van der Waals surface area (Å²) in [6, 6.07) is 10.0. The second-order valence-corrected chi connectivity index (χ2v) is 8.56. The first-order valence-corrected chi connectivity index (χ1v) is 10.4. The third-order valence-corrected chi connectivity index (χ3v) is 6.43. The summed E-state index contributed by atoms with van der Waals surface area (Å²) in [5.74, 6) is -0.617. The zero-order valence-corrected chi connectivity index (χ0v) is 16.3. The highest BCUT2D eigenvalue weighted by molar-refractivity contribution is 7.89. The van der Waals surface area contributed by atoms with Crippen LogP contribution in [0.1, 0.15) is 19.8 Å². The summed E-state index contributed by atoms with van der Waals surface area (Å²) in [5.41, 5.74) is 1.18. The molecule has 0 saturated carbocycles. The Bertz CT molecular complexity index is 955. The number of nitrogens with one attached hydrogen (secondary N) is 2. The first kappa shape index (κ1) is 20.0. The molecule has 2 N–H and O–H groups in total. The van der Waals surface area contributed by atoms with E-state index in [1.165, 1.54) is 29.7 Å². The molecule has 0 unspecified atom stereocenters. The van der Waals surface area contributed by atoms with Gasteiger partial charge in [0.15, 0.2) is 0 Å². The highest BCUT2D eigenvalue weighted by Gasteiger charge is 2.32. The van der Waals surface area contributed by atoms with Gasteiger partial charge in [0, 0.05) is 49.7 Å². The molecule has 1 fully saturated rings. The minimum absolute atomic E-state index is 0.154. The smallest absolute Gasteiger partial charge is 0.244 e. The predicted molar refractivity (Wildman–Crippen MR) is 105 cm³/mol. The number of sulfonamides is 1. The first-order valence-electron chi connectivity index (χ1n) is 8.95. The van der Waals surface area contributed by atoms with E-state index in [0.717, 1.165) is 0 Å². The number of carbonyl (C=O) groups is 2. The molecule has 9 heteroatoms. The Hall–Kier alpha value is -2.78. The number of hydrogen-bond acceptors (Lipinski definition) is 5. The van der Waals surface area contributed by atoms with Crippen LogP contribution in [0.3, 0.4) is 0 Å². The van der Waals surface area contributed by atoms with Gasteiger partial charge in [-0.05, 0) is 43.2 Å². The van der Waals surface area contributed by atoms with Crippen LogP contribution in [0.15, 0.2) is 53.7 Å². The molecule has 0 spiro atoms. The van der Waals surface area contributed by atoms with Gasteiger partial charge in [-0.15, -0.1) is 0 Å². The summed E-state index contributed by atoms with van der Waals surface area (Å²) < 4.78 is 26.7. The number of benzene rings is 1. The lowest BCUT2D eigenvalue weighted by atomic mass is 9.97. The Morgan fingerprint density at radius 3 is 2.36 bits per heavy atom. The lowest BCUT2D eigenvalue weighted by Crippen LogP contribution is -2.41. The normalized spacial score (nSPS) is 15.8. The molecular formula is C19H22N4O4S. The van der Waals surface area contributed by atoms with E-state index < -0.39 is 10.0 Å². The van der Waals surface area contributed by atoms with Gasteiger partial charge >= 0.3 is 0 Å². The number of hydrogen-bond donors (Lipinski definition) is 2. The Kier molecular flexibility index (Phi) is 6.05. The second kappa shape index (κ2) is 8.49. The van der Waals surface area contributed by atoms with E-state index in [2.05, 4.69) is 15.6 Å². The van der Waals surface area contributed by atoms with Crippen LogP contribution in [-0.2, 0) is 19.6 Å². The van der Waals surface area contributed by atoms with Crippen LogP contribution in [-0.4, -0.2) is 42.6 Å². The van der Waals surface area contributed by atoms with Crippen molar-refractivity contribution in [1.29, 1.82) is 0 Å². The number of pyridine rings is 1. The molecule has 2 heterocycles. The van der Waals surface area contributed by atoms with E-state index in [-0.39, 0.29) is 35.7 Å². The number of rotatable bonds is 5. The van der Waals surface area contributed by atoms with Crippen molar-refractivity contribution < 1.29 is 18.0 Å². The third kappa shape index (κ3) is 4.73. The minimum atomic E-state index is -3.59. The number of carbonyl (C=O) groups excluding carboxylic acids is 2. The summed E-state index contributed by atoms with van der Waals surface area (Å²) >= 11 is 0. The van der Waals surface area contributed by atoms with Gasteiger partial charge in [0.2, 0.25) is 21.8 Å². The van der Waals surface area contributed by atoms with Crippen molar-refractivity contribution >= 4 is 33.2 Å². The lowest BCUT2D eigenvalue weighted by Gasteiger charge is -2.30. The molecule has 1 aliphatic rings. The first-order chi connectivity index (χ1) is 13.4. The highest BCUT2D eigenvalue weighted by atomic mass is 32.2. The summed E-state index contributed by atoms with van der Waals surface area (Å²) in [7, 11) is -3.59. The molecule has 1 aliphatic heterocycles. The Morgan fingerprint density at radius 1 is 1.07 bits per heavy atom. The van der Waals surface area contributed by atoms with Crippen LogP contribution < -0.4 is 10.6 Å². The van der Waals surface area contributed by atoms with E-state index in [0.29, 0.717) is 24.2 Å². The van der Waals surface area contributed by atoms with Crippen LogP contribution in [0.2, 0.25) is 0 Å². The SMILES string of the molecule is CC(=O)Nc1cccc(NC(=O)C2CCN(S(=O)(=O)c3cccnc3)CC2)c1. The molecule has 2 aromatic rings. The summed E-state index contributed by atoms with van der Waals surface area (Å²) in [4.78, 5) is 27.7. The van der Waals surface area contributed by atoms with Crippen molar-refractivity contribution in [2.75, 3.05) is 23.7 Å². The molecule has 3 rings (SSSR count). The fourth-order valence-corrected chi connectivity index (χ4v) is 4.56. The van der Waals surface area contributed by atoms with Gasteiger partial charge in [-0.1, -0.05) is 6.07 Å². The minimum Gasteiger partial charge on any atom is -0.326 e. The predicted octanol–water partition coefficient (Wildman–Crippen LogP) is 2.08. The summed E-state index contributed by atoms with van der Waals surface area (Å²) in [6.07, 6.45) is 3.74. The largest absolute Gasteiger partial charge is 0.326 e. The number of piperidine rings is 1. The lowest BCUT2D eigenvalue weighted by molar-refractivity contribution is -0.121. The van der Waals surface area contributed by atoms with Crippen LogP contribution >= 0.6 is 0 Å². The average Bonchev–Trinajstić information content (AvgIpc) is 2.68. The molecule has 1 saturated heterocycles. The number of amides is 2. The van der Waals surface area contributed by atoms with Gasteiger partial charge in [0.25, 0.3) is 0 Å². The van der Waals surface area contributed by atoms with E-state index >= 15 is 0 Å². The van der Waals surface area contributed by atoms with E-state index in [1.54, 1.807) is 30.3 Å². The van der Waals surface area contributed by atoms with E-state index in [4.69, 9.17) is 0 Å². The van der Waals surface area contributed by atoms with Crippen molar-refractivity contribution in [3.8, 4) is 0 Å². The Morgan fingerprint density at radius 2 is 1.75 bits per heavy atom. The highest BCUT2D eigenvalue weighted by Crippen LogP contribution is 2.25. The molecule has 28 heavy (non-hydrogen) atoms. The van der Waals surface area contributed by atoms with E-state index in [1.807, 2.05) is 0 Å². The van der Waals surface area contributed by atoms with Gasteiger partial charge in [-0.3, -0.25) is 14.6 Å². The van der Waals surface area contributed by atoms with Crippen molar-refractivity contribution in [1.82, 2.24) is 9.29 Å². The summed E-state index contributed by atoms with van der Waals surface area (Å²) in [6.45, 7) is 1.97. The zero-order chi connectivity index (χ0) is 20.1. The van der Waals surface area contributed by atoms with Crippen LogP contribution in [0.4, 0.5) is 11.4 Å². The monoisotopic (exact) mass is 402 g/mol. The molecule has 0 radical (unpaired) electrons. The fraction of sp³-hybridized carbons (Fsp3) is 0.316. The molecule has 148 valence electrons. The molecule has 2 amide bonds. The summed E-state index contributed by atoms with van der Waals surface area (Å²) in [5, 5.41) is 5.51. The van der Waals surface area contributed by atoms with Crippen molar-refractivity contribution in [2.24, 2.45) is 5.92 Å². The third-order valence-electron chi connectivity index (χ3n) is 4.55. The maximum absolute atomic E-state index is 12.6. The molecule has 0 bridgehead atoms. The molecule has 0 aliphatic carbocycles. The average molecular weight is 402 g/mol. The fourth-order valence-electron chi connectivity index (χ4n) is 3.13. The molecule has 8 nitrogen and oxygen atoms in total. The van der Waals surface area contributed by atoms with Crippen molar-refractivity contribution in [2.45, 2.75) is 24.7 Å². The van der Waals surface area contributed by atoms with Gasteiger partial charge in [0.05, 0.1) is 0 Å². The quantitative estimate of drug-likeness (QED) is 0.796. The van der Waals surface area contributed by atoms with Crippen LogP contribution in [0.25, 0.3) is 0 Å². The maximum atomic E-state index is 12.6. The Balaban J connectivity index is 1.59. The van der Waals surface area contributed by atoms with Crippen molar-refractivity contribution in [3.05, 3.63) is 48.8 Å². The molecular weight excluding hydrogens is 380 g/mol. The molecule has 1 aromatic heterocycles. The molecule has 1 aromatic carbocycles. The number of anilines is 2. The zero-order valence-electron chi connectivity index (χ0n) is 15.5. The Labute approximate surface area is 164 Å². The van der Waals surface area contributed by atoms with Crippen molar-refractivity contribution in [3.63, 3.8) is 0 Å². The maximum Gasteiger partial charge on any atom is 0.244 e.